The van der Waals surface area contributed by atoms with Crippen LogP contribution in [0, 0.1) is 0 Å². The molecule has 1 aliphatic rings. The highest BCUT2D eigenvalue weighted by Gasteiger charge is 2.18. The Morgan fingerprint density at radius 2 is 2.17 bits per heavy atom. The summed E-state index contributed by atoms with van der Waals surface area (Å²) in [6.45, 7) is 3.85. The summed E-state index contributed by atoms with van der Waals surface area (Å²) < 4.78 is 1.83. The van der Waals surface area contributed by atoms with E-state index in [9.17, 15) is 4.79 Å². The van der Waals surface area contributed by atoms with Crippen molar-refractivity contribution in [2.45, 2.75) is 26.3 Å². The number of rotatable bonds is 1. The number of aryl methyl sites for hydroxylation is 2. The van der Waals surface area contributed by atoms with Gasteiger partial charge in [-0.25, -0.2) is 0 Å². The van der Waals surface area contributed by atoms with E-state index in [4.69, 9.17) is 0 Å². The van der Waals surface area contributed by atoms with Crippen LogP contribution < -0.4 is 10.9 Å². The summed E-state index contributed by atoms with van der Waals surface area (Å²) in [6, 6.07) is 6.35. The molecule has 2 heterocycles. The third-order valence-electron chi connectivity index (χ3n) is 3.94. The van der Waals surface area contributed by atoms with Gasteiger partial charge in [0, 0.05) is 24.5 Å². The lowest BCUT2D eigenvalue weighted by Gasteiger charge is -2.21. The normalized spacial score (nSPS) is 14.8. The number of hydrogen-bond acceptors (Lipinski definition) is 2. The van der Waals surface area contributed by atoms with Crippen LogP contribution in [0.25, 0.3) is 10.9 Å². The number of benzene rings is 1. The van der Waals surface area contributed by atoms with Gasteiger partial charge in [-0.3, -0.25) is 4.79 Å². The van der Waals surface area contributed by atoms with Gasteiger partial charge < -0.3 is 9.88 Å². The van der Waals surface area contributed by atoms with Crippen LogP contribution in [0.15, 0.2) is 23.0 Å². The van der Waals surface area contributed by atoms with Gasteiger partial charge in [-0.05, 0) is 30.5 Å². The van der Waals surface area contributed by atoms with Crippen LogP contribution in [0.3, 0.4) is 0 Å². The molecule has 0 saturated heterocycles. The molecule has 1 aromatic heterocycles. The Kier molecular flexibility index (Phi) is 2.71. The molecular weight excluding hydrogens is 224 g/mol. The largest absolute Gasteiger partial charge is 0.312 e. The van der Waals surface area contributed by atoms with Crippen LogP contribution in [-0.2, 0) is 26.4 Å². The number of fused-ring (bicyclic) bond motifs is 3. The first-order chi connectivity index (χ1) is 8.74. The maximum absolute atomic E-state index is 12.4. The minimum Gasteiger partial charge on any atom is -0.312 e. The van der Waals surface area contributed by atoms with Crippen molar-refractivity contribution in [2.24, 2.45) is 7.05 Å². The molecule has 3 rings (SSSR count). The second kappa shape index (κ2) is 4.25. The number of aromatic nitrogens is 1. The molecule has 0 atom stereocenters. The third kappa shape index (κ3) is 1.51. The van der Waals surface area contributed by atoms with Gasteiger partial charge in [-0.15, -0.1) is 0 Å². The van der Waals surface area contributed by atoms with E-state index in [0.717, 1.165) is 37.0 Å². The summed E-state index contributed by atoms with van der Waals surface area (Å²) in [5, 5.41) is 4.60. The predicted octanol–water partition coefficient (Wildman–Crippen LogP) is 1.75. The van der Waals surface area contributed by atoms with Crippen molar-refractivity contribution in [3.63, 3.8) is 0 Å². The smallest absolute Gasteiger partial charge is 0.254 e. The van der Waals surface area contributed by atoms with Crippen LogP contribution in [0.5, 0.6) is 0 Å². The lowest BCUT2D eigenvalue weighted by molar-refractivity contribution is 0.636. The van der Waals surface area contributed by atoms with Crippen LogP contribution in [0.2, 0.25) is 0 Å². The molecule has 0 unspecified atom stereocenters. The first kappa shape index (κ1) is 11.5. The number of pyridine rings is 1. The summed E-state index contributed by atoms with van der Waals surface area (Å²) in [4.78, 5) is 12.4. The van der Waals surface area contributed by atoms with Crippen molar-refractivity contribution in [2.75, 3.05) is 6.54 Å². The zero-order valence-corrected chi connectivity index (χ0v) is 10.9. The fraction of sp³-hybridized carbons (Fsp3) is 0.400. The first-order valence-electron chi connectivity index (χ1n) is 6.57. The summed E-state index contributed by atoms with van der Waals surface area (Å²) in [5.41, 5.74) is 4.74. The van der Waals surface area contributed by atoms with E-state index < -0.39 is 0 Å². The molecule has 0 fully saturated rings. The van der Waals surface area contributed by atoms with E-state index in [1.54, 1.807) is 0 Å². The molecule has 3 nitrogen and oxygen atoms in total. The SMILES string of the molecule is CCc1cccc2c3c(c(=O)n(C)c12)CCNC3. The average Bonchev–Trinajstić information content (AvgIpc) is 2.44. The minimum absolute atomic E-state index is 0.180. The molecule has 1 aromatic carbocycles. The Bertz CT molecular complexity index is 670. The number of nitrogens with one attached hydrogen (secondary N) is 1. The minimum atomic E-state index is 0.180. The molecule has 0 aliphatic carbocycles. The first-order valence-corrected chi connectivity index (χ1v) is 6.57. The average molecular weight is 242 g/mol. The predicted molar refractivity (Wildman–Crippen MR) is 74.0 cm³/mol. The highest BCUT2D eigenvalue weighted by Crippen LogP contribution is 2.24. The fourth-order valence-electron chi connectivity index (χ4n) is 3.00. The molecule has 94 valence electrons. The zero-order chi connectivity index (χ0) is 12.7. The van der Waals surface area contributed by atoms with Crippen molar-refractivity contribution < 1.29 is 0 Å². The summed E-state index contributed by atoms with van der Waals surface area (Å²) in [5.74, 6) is 0. The van der Waals surface area contributed by atoms with Gasteiger partial charge in [0.25, 0.3) is 5.56 Å². The molecule has 3 heteroatoms. The van der Waals surface area contributed by atoms with E-state index in [1.165, 1.54) is 16.5 Å². The summed E-state index contributed by atoms with van der Waals surface area (Å²) in [6.07, 6.45) is 1.80. The van der Waals surface area contributed by atoms with Crippen molar-refractivity contribution in [1.29, 1.82) is 0 Å². The van der Waals surface area contributed by atoms with E-state index in [2.05, 4.69) is 30.4 Å². The maximum atomic E-state index is 12.4. The maximum Gasteiger partial charge on any atom is 0.254 e. The lowest BCUT2D eigenvalue weighted by atomic mass is 9.95. The Balaban J connectivity index is 2.49. The van der Waals surface area contributed by atoms with Crippen molar-refractivity contribution in [3.05, 3.63) is 45.2 Å². The van der Waals surface area contributed by atoms with Gasteiger partial charge in [0.05, 0.1) is 5.52 Å². The fourth-order valence-corrected chi connectivity index (χ4v) is 3.00. The molecule has 0 radical (unpaired) electrons. The Hall–Kier alpha value is -1.61. The monoisotopic (exact) mass is 242 g/mol. The molecule has 0 bridgehead atoms. The van der Waals surface area contributed by atoms with Crippen molar-refractivity contribution >= 4 is 10.9 Å². The second-order valence-corrected chi connectivity index (χ2v) is 4.91. The van der Waals surface area contributed by atoms with Crippen LogP contribution in [0.4, 0.5) is 0 Å². The molecule has 1 aliphatic heterocycles. The standard InChI is InChI=1S/C15H18N2O/c1-3-10-5-4-6-11-13-9-16-8-7-12(13)15(18)17(2)14(10)11/h4-6,16H,3,7-9H2,1-2H3. The molecule has 1 N–H and O–H groups in total. The number of nitrogens with zero attached hydrogens (tertiary/aromatic N) is 1. The quantitative estimate of drug-likeness (QED) is 0.826. The van der Waals surface area contributed by atoms with Gasteiger partial charge in [0.15, 0.2) is 0 Å². The van der Waals surface area contributed by atoms with Gasteiger partial charge in [0.1, 0.15) is 0 Å². The molecule has 18 heavy (non-hydrogen) atoms. The summed E-state index contributed by atoms with van der Waals surface area (Å²) in [7, 11) is 1.89. The van der Waals surface area contributed by atoms with Crippen molar-refractivity contribution in [3.8, 4) is 0 Å². The third-order valence-corrected chi connectivity index (χ3v) is 3.94. The molecule has 2 aromatic rings. The Labute approximate surface area is 106 Å². The van der Waals surface area contributed by atoms with Gasteiger partial charge >= 0.3 is 0 Å². The molecular formula is C15H18N2O. The number of hydrogen-bond donors (Lipinski definition) is 1. The van der Waals surface area contributed by atoms with Crippen LogP contribution in [0.1, 0.15) is 23.6 Å². The highest BCUT2D eigenvalue weighted by atomic mass is 16.1. The molecule has 0 saturated carbocycles. The van der Waals surface area contributed by atoms with Gasteiger partial charge in [-0.1, -0.05) is 25.1 Å². The van der Waals surface area contributed by atoms with E-state index >= 15 is 0 Å². The van der Waals surface area contributed by atoms with E-state index in [-0.39, 0.29) is 5.56 Å². The number of para-hydroxylation sites is 1. The van der Waals surface area contributed by atoms with Crippen LogP contribution >= 0.6 is 0 Å². The summed E-state index contributed by atoms with van der Waals surface area (Å²) >= 11 is 0. The van der Waals surface area contributed by atoms with Crippen LogP contribution in [-0.4, -0.2) is 11.1 Å². The van der Waals surface area contributed by atoms with Gasteiger partial charge in [-0.2, -0.15) is 0 Å². The Morgan fingerprint density at radius 3 is 2.94 bits per heavy atom. The molecule has 0 amide bonds. The topological polar surface area (TPSA) is 34.0 Å². The van der Waals surface area contributed by atoms with Crippen molar-refractivity contribution in [1.82, 2.24) is 9.88 Å². The van der Waals surface area contributed by atoms with Gasteiger partial charge in [0.2, 0.25) is 0 Å². The van der Waals surface area contributed by atoms with E-state index in [1.807, 2.05) is 11.6 Å². The second-order valence-electron chi connectivity index (χ2n) is 4.91. The zero-order valence-electron chi connectivity index (χ0n) is 10.9. The highest BCUT2D eigenvalue weighted by molar-refractivity contribution is 5.86. The van der Waals surface area contributed by atoms with E-state index in [0.29, 0.717) is 0 Å². The Morgan fingerprint density at radius 1 is 1.33 bits per heavy atom. The lowest BCUT2D eigenvalue weighted by Crippen LogP contribution is -2.33. The molecule has 0 spiro atoms.